The van der Waals surface area contributed by atoms with E-state index in [4.69, 9.17) is 34.8 Å². The number of carbonyl (C=O) groups excluding carboxylic acids is 3. The van der Waals surface area contributed by atoms with Gasteiger partial charge in [0, 0.05) is 12.1 Å². The molecule has 33 heavy (non-hydrogen) atoms. The van der Waals surface area contributed by atoms with Gasteiger partial charge in [0.15, 0.2) is 5.82 Å². The van der Waals surface area contributed by atoms with Gasteiger partial charge in [-0.2, -0.15) is 0 Å². The summed E-state index contributed by atoms with van der Waals surface area (Å²) in [6.45, 7) is 0. The van der Waals surface area contributed by atoms with Crippen LogP contribution in [0.15, 0.2) is 30.3 Å². The normalized spacial score (nSPS) is 18.4. The summed E-state index contributed by atoms with van der Waals surface area (Å²) in [7, 11) is 0. The Kier molecular flexibility index (Phi) is 6.53. The average Bonchev–Trinajstić information content (AvgIpc) is 3.66. The van der Waals surface area contributed by atoms with Crippen molar-refractivity contribution >= 4 is 69.6 Å². The van der Waals surface area contributed by atoms with E-state index in [1.165, 1.54) is 18.2 Å². The number of carbonyl (C=O) groups is 3. The molecule has 0 bridgehead atoms. The summed E-state index contributed by atoms with van der Waals surface area (Å²) < 4.78 is 27.9. The Bertz CT molecular complexity index is 1160. The fourth-order valence-electron chi connectivity index (χ4n) is 3.23. The van der Waals surface area contributed by atoms with Crippen molar-refractivity contribution < 1.29 is 23.2 Å². The molecule has 174 valence electrons. The largest absolute Gasteiger partial charge is 0.326 e. The molecule has 0 radical (unpaired) electrons. The summed E-state index contributed by atoms with van der Waals surface area (Å²) in [5.41, 5.74) is -0.782. The number of benzene rings is 2. The Morgan fingerprint density at radius 2 is 1.73 bits per heavy atom. The second-order valence-electron chi connectivity index (χ2n) is 8.14. The molecule has 11 heteroatoms. The van der Waals surface area contributed by atoms with Crippen molar-refractivity contribution in [3.63, 3.8) is 0 Å². The minimum Gasteiger partial charge on any atom is -0.326 e. The maximum atomic E-state index is 14.9. The number of nitrogens with one attached hydrogen (secondary N) is 3. The highest BCUT2D eigenvalue weighted by molar-refractivity contribution is 6.52. The highest BCUT2D eigenvalue weighted by Gasteiger charge is 2.56. The molecule has 2 aromatic rings. The predicted molar refractivity (Wildman–Crippen MR) is 123 cm³/mol. The Hall–Kier alpha value is -2.42. The number of halogens is 5. The molecule has 0 heterocycles. The lowest BCUT2D eigenvalue weighted by molar-refractivity contribution is -0.117. The smallest absolute Gasteiger partial charge is 0.257 e. The second kappa shape index (κ2) is 9.08. The molecule has 0 spiro atoms. The summed E-state index contributed by atoms with van der Waals surface area (Å²) in [6, 6.07) is 6.14. The van der Waals surface area contributed by atoms with Gasteiger partial charge in [-0.15, -0.1) is 23.2 Å². The van der Waals surface area contributed by atoms with E-state index in [0.717, 1.165) is 25.0 Å². The fourth-order valence-corrected chi connectivity index (χ4v) is 3.94. The molecule has 1 atom stereocenters. The lowest BCUT2D eigenvalue weighted by Gasteiger charge is -2.13. The minimum atomic E-state index is -1.12. The molecule has 3 N–H and O–H groups in total. The first-order chi connectivity index (χ1) is 15.5. The summed E-state index contributed by atoms with van der Waals surface area (Å²) in [4.78, 5) is 36.9. The summed E-state index contributed by atoms with van der Waals surface area (Å²) in [6.07, 6.45) is 2.31. The molecule has 1 unspecified atom stereocenters. The molecular weight excluding hydrogens is 499 g/mol. The molecule has 2 aliphatic rings. The summed E-state index contributed by atoms with van der Waals surface area (Å²) in [5.74, 6) is -4.14. The van der Waals surface area contributed by atoms with Crippen LogP contribution >= 0.6 is 34.8 Å². The number of hydrogen-bond donors (Lipinski definition) is 3. The van der Waals surface area contributed by atoms with E-state index in [9.17, 15) is 23.2 Å². The quantitative estimate of drug-likeness (QED) is 0.410. The van der Waals surface area contributed by atoms with Crippen LogP contribution in [0.25, 0.3) is 0 Å². The number of anilines is 3. The lowest BCUT2D eigenvalue weighted by atomic mass is 10.1. The topological polar surface area (TPSA) is 87.3 Å². The van der Waals surface area contributed by atoms with Crippen molar-refractivity contribution in [2.24, 2.45) is 11.8 Å². The molecule has 0 saturated heterocycles. The van der Waals surface area contributed by atoms with Crippen LogP contribution in [-0.4, -0.2) is 22.1 Å². The van der Waals surface area contributed by atoms with Crippen LogP contribution in [0.3, 0.4) is 0 Å². The third kappa shape index (κ3) is 5.57. The van der Waals surface area contributed by atoms with Crippen LogP contribution in [0.1, 0.15) is 36.0 Å². The van der Waals surface area contributed by atoms with Gasteiger partial charge in [-0.05, 0) is 55.5 Å². The third-order valence-corrected chi connectivity index (χ3v) is 6.56. The summed E-state index contributed by atoms with van der Waals surface area (Å²) >= 11 is 17.9. The van der Waals surface area contributed by atoms with Crippen molar-refractivity contribution in [1.29, 1.82) is 0 Å². The van der Waals surface area contributed by atoms with E-state index in [1.54, 1.807) is 0 Å². The zero-order chi connectivity index (χ0) is 23.9. The van der Waals surface area contributed by atoms with Gasteiger partial charge in [0.2, 0.25) is 11.8 Å². The minimum absolute atomic E-state index is 0.0430. The van der Waals surface area contributed by atoms with Crippen molar-refractivity contribution in [3.8, 4) is 0 Å². The van der Waals surface area contributed by atoms with E-state index in [0.29, 0.717) is 6.42 Å². The van der Waals surface area contributed by atoms with Gasteiger partial charge < -0.3 is 16.0 Å². The predicted octanol–water partition coefficient (Wildman–Crippen LogP) is 5.74. The standard InChI is InChI=1S/C22H18Cl3F2N3O3/c23-14-4-3-11(28-21(33)13-9-22(13,24)25)8-12(14)20(32)29-16-6-5-15(26)19(18(16)27)30-17(31)7-10-1-2-10/h3-6,8,10,13H,1-2,7,9H2,(H,28,33)(H,29,32)(H,30,31). The van der Waals surface area contributed by atoms with Crippen molar-refractivity contribution in [2.45, 2.75) is 30.0 Å². The van der Waals surface area contributed by atoms with Gasteiger partial charge in [0.25, 0.3) is 5.91 Å². The van der Waals surface area contributed by atoms with E-state index in [2.05, 4.69) is 16.0 Å². The molecular formula is C22H18Cl3F2N3O3. The van der Waals surface area contributed by atoms with Crippen LogP contribution in [0.4, 0.5) is 25.8 Å². The van der Waals surface area contributed by atoms with Crippen LogP contribution < -0.4 is 16.0 Å². The fraction of sp³-hybridized carbons (Fsp3) is 0.318. The van der Waals surface area contributed by atoms with Crippen LogP contribution in [0.5, 0.6) is 0 Å². The lowest BCUT2D eigenvalue weighted by Crippen LogP contribution is -2.19. The molecule has 2 aliphatic carbocycles. The maximum absolute atomic E-state index is 14.9. The van der Waals surface area contributed by atoms with Gasteiger partial charge >= 0.3 is 0 Å². The van der Waals surface area contributed by atoms with Gasteiger partial charge in [-0.1, -0.05) is 11.6 Å². The Morgan fingerprint density at radius 1 is 1.03 bits per heavy atom. The second-order valence-corrected chi connectivity index (χ2v) is 10.1. The molecule has 3 amide bonds. The Labute approximate surface area is 203 Å². The van der Waals surface area contributed by atoms with E-state index >= 15 is 0 Å². The van der Waals surface area contributed by atoms with E-state index in [1.807, 2.05) is 0 Å². The number of amides is 3. The highest BCUT2D eigenvalue weighted by atomic mass is 35.5. The van der Waals surface area contributed by atoms with Gasteiger partial charge in [0.1, 0.15) is 15.8 Å². The highest BCUT2D eigenvalue weighted by Crippen LogP contribution is 2.53. The van der Waals surface area contributed by atoms with E-state index < -0.39 is 45.3 Å². The van der Waals surface area contributed by atoms with Gasteiger partial charge in [0.05, 0.1) is 22.2 Å². The van der Waals surface area contributed by atoms with Crippen molar-refractivity contribution in [1.82, 2.24) is 0 Å². The van der Waals surface area contributed by atoms with Crippen LogP contribution in [0.2, 0.25) is 5.02 Å². The first-order valence-electron chi connectivity index (χ1n) is 10.1. The number of rotatable bonds is 7. The Balaban J connectivity index is 1.49. The molecule has 6 nitrogen and oxygen atoms in total. The van der Waals surface area contributed by atoms with Crippen molar-refractivity contribution in [3.05, 3.63) is 52.6 Å². The average molecular weight is 517 g/mol. The zero-order valence-corrected chi connectivity index (χ0v) is 19.3. The first-order valence-corrected chi connectivity index (χ1v) is 11.3. The monoisotopic (exact) mass is 515 g/mol. The first kappa shape index (κ1) is 23.7. The molecule has 2 aromatic carbocycles. The summed E-state index contributed by atoms with van der Waals surface area (Å²) in [5, 5.41) is 7.19. The number of alkyl halides is 2. The molecule has 2 saturated carbocycles. The third-order valence-electron chi connectivity index (χ3n) is 5.40. The van der Waals surface area contributed by atoms with Gasteiger partial charge in [-0.25, -0.2) is 8.78 Å². The molecule has 0 aromatic heterocycles. The molecule has 4 rings (SSSR count). The van der Waals surface area contributed by atoms with Crippen molar-refractivity contribution in [2.75, 3.05) is 16.0 Å². The Morgan fingerprint density at radius 3 is 2.36 bits per heavy atom. The van der Waals surface area contributed by atoms with Gasteiger partial charge in [-0.3, -0.25) is 14.4 Å². The van der Waals surface area contributed by atoms with E-state index in [-0.39, 0.29) is 34.3 Å². The molecule has 2 fully saturated rings. The molecule has 0 aliphatic heterocycles. The zero-order valence-electron chi connectivity index (χ0n) is 17.0. The maximum Gasteiger partial charge on any atom is 0.257 e. The van der Waals surface area contributed by atoms with Crippen LogP contribution in [0, 0.1) is 23.5 Å². The van der Waals surface area contributed by atoms with Crippen LogP contribution in [-0.2, 0) is 9.59 Å². The SMILES string of the molecule is O=C(CC1CC1)Nc1c(F)ccc(NC(=O)c2cc(NC(=O)C3CC3(Cl)Cl)ccc2Cl)c1F. The number of hydrogen-bond acceptors (Lipinski definition) is 3.